The highest BCUT2D eigenvalue weighted by molar-refractivity contribution is 7.89. The molecule has 0 aromatic heterocycles. The standard InChI is InChI=1S/C25H35NO3S/c1-24-14-12-18(26-30(28,29)19-6-4-3-5-7-19)16-17(24)8-9-20-21-10-11-23(27)25(21,2)15-13-22(20)24/h3-7,17-18,20-22,26H,8-16H2,1-2H3/t17-,18-,20-,21-,22-,24-,25-/m0/s1. The number of ketones is 1. The molecule has 0 spiro atoms. The molecule has 5 rings (SSSR count). The molecule has 4 nitrogen and oxygen atoms in total. The van der Waals surface area contributed by atoms with Crippen molar-refractivity contribution in [1.82, 2.24) is 4.72 Å². The third-order valence-electron chi connectivity index (χ3n) is 9.75. The molecule has 4 saturated carbocycles. The van der Waals surface area contributed by atoms with Crippen molar-refractivity contribution < 1.29 is 13.2 Å². The van der Waals surface area contributed by atoms with Crippen LogP contribution in [-0.2, 0) is 14.8 Å². The minimum atomic E-state index is -3.45. The van der Waals surface area contributed by atoms with Crippen LogP contribution in [0.1, 0.15) is 71.6 Å². The molecule has 0 saturated heterocycles. The molecule has 7 atom stereocenters. The Hall–Kier alpha value is -1.20. The molecule has 1 aromatic rings. The fourth-order valence-electron chi connectivity index (χ4n) is 8.02. The number of carbonyl (C=O) groups is 1. The van der Waals surface area contributed by atoms with Gasteiger partial charge in [0.2, 0.25) is 10.0 Å². The van der Waals surface area contributed by atoms with Gasteiger partial charge in [-0.15, -0.1) is 0 Å². The molecule has 1 aromatic carbocycles. The van der Waals surface area contributed by atoms with Crippen molar-refractivity contribution in [3.05, 3.63) is 30.3 Å². The van der Waals surface area contributed by atoms with Crippen LogP contribution in [0.25, 0.3) is 0 Å². The van der Waals surface area contributed by atoms with Gasteiger partial charge in [-0.05, 0) is 92.6 Å². The van der Waals surface area contributed by atoms with Crippen LogP contribution in [0.2, 0.25) is 0 Å². The van der Waals surface area contributed by atoms with E-state index >= 15 is 0 Å². The maximum atomic E-state index is 12.8. The van der Waals surface area contributed by atoms with Crippen molar-refractivity contribution in [2.45, 2.75) is 82.6 Å². The smallest absolute Gasteiger partial charge is 0.240 e. The topological polar surface area (TPSA) is 63.2 Å². The van der Waals surface area contributed by atoms with E-state index in [1.54, 1.807) is 24.3 Å². The Morgan fingerprint density at radius 2 is 1.70 bits per heavy atom. The molecule has 0 unspecified atom stereocenters. The summed E-state index contributed by atoms with van der Waals surface area (Å²) in [6.45, 7) is 4.72. The normalized spacial score (nSPS) is 43.5. The zero-order chi connectivity index (χ0) is 21.1. The number of fused-ring (bicyclic) bond motifs is 5. The van der Waals surface area contributed by atoms with Crippen molar-refractivity contribution in [3.63, 3.8) is 0 Å². The number of nitrogens with one attached hydrogen (secondary N) is 1. The van der Waals surface area contributed by atoms with Gasteiger partial charge < -0.3 is 0 Å². The Kier molecular flexibility index (Phi) is 4.94. The van der Waals surface area contributed by atoms with E-state index in [0.717, 1.165) is 38.5 Å². The maximum absolute atomic E-state index is 12.8. The first-order chi connectivity index (χ1) is 14.2. The molecular weight excluding hydrogens is 394 g/mol. The van der Waals surface area contributed by atoms with Gasteiger partial charge in [-0.2, -0.15) is 0 Å². The maximum Gasteiger partial charge on any atom is 0.240 e. The van der Waals surface area contributed by atoms with Crippen LogP contribution in [0.15, 0.2) is 35.2 Å². The predicted molar refractivity (Wildman–Crippen MR) is 117 cm³/mol. The van der Waals surface area contributed by atoms with Crippen LogP contribution >= 0.6 is 0 Å². The first-order valence-electron chi connectivity index (χ1n) is 11.8. The van der Waals surface area contributed by atoms with Crippen LogP contribution in [0, 0.1) is 34.5 Å². The van der Waals surface area contributed by atoms with Gasteiger partial charge in [-0.1, -0.05) is 32.0 Å². The average Bonchev–Trinajstić information content (AvgIpc) is 3.03. The fraction of sp³-hybridized carbons (Fsp3) is 0.720. The van der Waals surface area contributed by atoms with E-state index in [-0.39, 0.29) is 11.5 Å². The lowest BCUT2D eigenvalue weighted by Crippen LogP contribution is -2.55. The van der Waals surface area contributed by atoms with Crippen LogP contribution in [0.3, 0.4) is 0 Å². The zero-order valence-electron chi connectivity index (χ0n) is 18.3. The second-order valence-electron chi connectivity index (χ2n) is 11.0. The summed E-state index contributed by atoms with van der Waals surface area (Å²) in [6.07, 6.45) is 9.48. The second-order valence-corrected chi connectivity index (χ2v) is 12.7. The lowest BCUT2D eigenvalue weighted by Gasteiger charge is -2.60. The molecule has 4 fully saturated rings. The van der Waals surface area contributed by atoms with E-state index in [4.69, 9.17) is 0 Å². The summed E-state index contributed by atoms with van der Waals surface area (Å²) in [5, 5.41) is 0. The Morgan fingerprint density at radius 3 is 2.47 bits per heavy atom. The van der Waals surface area contributed by atoms with Gasteiger partial charge in [-0.3, -0.25) is 4.79 Å². The Balaban J connectivity index is 1.31. The number of benzene rings is 1. The highest BCUT2D eigenvalue weighted by Gasteiger charge is 2.60. The van der Waals surface area contributed by atoms with Gasteiger partial charge >= 0.3 is 0 Å². The quantitative estimate of drug-likeness (QED) is 0.740. The predicted octanol–water partition coefficient (Wildman–Crippen LogP) is 4.95. The van der Waals surface area contributed by atoms with Gasteiger partial charge in [0.15, 0.2) is 0 Å². The summed E-state index contributed by atoms with van der Waals surface area (Å²) in [7, 11) is -3.45. The summed E-state index contributed by atoms with van der Waals surface area (Å²) in [4.78, 5) is 13.0. The minimum Gasteiger partial charge on any atom is -0.299 e. The molecule has 5 heteroatoms. The lowest BCUT2D eigenvalue weighted by molar-refractivity contribution is -0.139. The minimum absolute atomic E-state index is 0.0340. The molecule has 0 amide bonds. The van der Waals surface area contributed by atoms with E-state index in [1.165, 1.54) is 19.3 Å². The Bertz CT molecular complexity index is 929. The van der Waals surface area contributed by atoms with Gasteiger partial charge in [-0.25, -0.2) is 13.1 Å². The number of rotatable bonds is 3. The van der Waals surface area contributed by atoms with Gasteiger partial charge in [0.1, 0.15) is 5.78 Å². The van der Waals surface area contributed by atoms with E-state index in [1.807, 2.05) is 6.07 Å². The second kappa shape index (κ2) is 7.16. The van der Waals surface area contributed by atoms with Gasteiger partial charge in [0, 0.05) is 17.9 Å². The SMILES string of the molecule is C[C@]12CC[C@H](NS(=O)(=O)c3ccccc3)C[C@@H]1CC[C@@H]1[C@@H]2CC[C@]2(C)C(=O)CC[C@@H]12. The first kappa shape index (κ1) is 20.7. The summed E-state index contributed by atoms with van der Waals surface area (Å²) in [6, 6.07) is 8.77. The molecule has 4 aliphatic rings. The number of sulfonamides is 1. The Labute approximate surface area is 181 Å². The largest absolute Gasteiger partial charge is 0.299 e. The van der Waals surface area contributed by atoms with E-state index < -0.39 is 10.0 Å². The number of hydrogen-bond acceptors (Lipinski definition) is 3. The summed E-state index contributed by atoms with van der Waals surface area (Å²) in [5.41, 5.74) is 0.234. The highest BCUT2D eigenvalue weighted by atomic mass is 32.2. The van der Waals surface area contributed by atoms with E-state index in [2.05, 4.69) is 18.6 Å². The number of hydrogen-bond donors (Lipinski definition) is 1. The summed E-state index contributed by atoms with van der Waals surface area (Å²) in [5.74, 6) is 3.06. The fourth-order valence-corrected chi connectivity index (χ4v) is 9.33. The number of carbonyl (C=O) groups excluding carboxylic acids is 1. The third kappa shape index (κ3) is 3.10. The van der Waals surface area contributed by atoms with E-state index in [0.29, 0.717) is 39.8 Å². The molecule has 0 heterocycles. The van der Waals surface area contributed by atoms with Gasteiger partial charge in [0.05, 0.1) is 4.90 Å². The number of Topliss-reactive ketones (excluding diaryl/α,β-unsaturated/α-hetero) is 1. The van der Waals surface area contributed by atoms with Crippen LogP contribution in [0.5, 0.6) is 0 Å². The monoisotopic (exact) mass is 429 g/mol. The van der Waals surface area contributed by atoms with E-state index in [9.17, 15) is 13.2 Å². The van der Waals surface area contributed by atoms with Gasteiger partial charge in [0.25, 0.3) is 0 Å². The van der Waals surface area contributed by atoms with Crippen LogP contribution in [0.4, 0.5) is 0 Å². The van der Waals surface area contributed by atoms with Crippen molar-refractivity contribution in [3.8, 4) is 0 Å². The summed E-state index contributed by atoms with van der Waals surface area (Å²) >= 11 is 0. The molecule has 0 radical (unpaired) electrons. The Morgan fingerprint density at radius 1 is 0.933 bits per heavy atom. The zero-order valence-corrected chi connectivity index (χ0v) is 19.1. The van der Waals surface area contributed by atoms with Crippen molar-refractivity contribution in [2.75, 3.05) is 0 Å². The molecule has 4 aliphatic carbocycles. The van der Waals surface area contributed by atoms with Crippen LogP contribution in [-0.4, -0.2) is 20.2 Å². The lowest BCUT2D eigenvalue weighted by atomic mass is 9.45. The average molecular weight is 430 g/mol. The molecular formula is C25H35NO3S. The third-order valence-corrected chi connectivity index (χ3v) is 11.3. The molecule has 0 aliphatic heterocycles. The summed E-state index contributed by atoms with van der Waals surface area (Å²) < 4.78 is 28.6. The van der Waals surface area contributed by atoms with Crippen molar-refractivity contribution >= 4 is 15.8 Å². The van der Waals surface area contributed by atoms with Crippen molar-refractivity contribution in [1.29, 1.82) is 0 Å². The molecule has 30 heavy (non-hydrogen) atoms. The first-order valence-corrected chi connectivity index (χ1v) is 13.3. The molecule has 164 valence electrons. The van der Waals surface area contributed by atoms with Crippen molar-refractivity contribution in [2.24, 2.45) is 34.5 Å². The van der Waals surface area contributed by atoms with Crippen LogP contribution < -0.4 is 4.72 Å². The molecule has 1 N–H and O–H groups in total. The molecule has 0 bridgehead atoms. The highest BCUT2D eigenvalue weighted by Crippen LogP contribution is 2.65.